The quantitative estimate of drug-likeness (QED) is 0.319. The molecule has 2 heterocycles. The van der Waals surface area contributed by atoms with Gasteiger partial charge in [-0.15, -0.1) is 0 Å². The van der Waals surface area contributed by atoms with E-state index in [0.717, 1.165) is 21.1 Å². The average Bonchev–Trinajstić information content (AvgIpc) is 3.27. The first kappa shape index (κ1) is 20.1. The summed E-state index contributed by atoms with van der Waals surface area (Å²) in [4.78, 5) is 26.6. The fraction of sp³-hybridized carbons (Fsp3) is 0. The van der Waals surface area contributed by atoms with Gasteiger partial charge in [-0.1, -0.05) is 41.1 Å². The second-order valence-electron chi connectivity index (χ2n) is 6.92. The van der Waals surface area contributed by atoms with E-state index in [2.05, 4.69) is 20.6 Å². The summed E-state index contributed by atoms with van der Waals surface area (Å²) in [5, 5.41) is 7.67. The molecule has 8 heteroatoms. The van der Waals surface area contributed by atoms with E-state index < -0.39 is 0 Å². The zero-order valence-corrected chi connectivity index (χ0v) is 18.2. The third-order valence-electron chi connectivity index (χ3n) is 4.73. The summed E-state index contributed by atoms with van der Waals surface area (Å²) in [6, 6.07) is 24.1. The van der Waals surface area contributed by atoms with E-state index in [1.54, 1.807) is 12.1 Å². The highest BCUT2D eigenvalue weighted by molar-refractivity contribution is 7.21. The maximum atomic E-state index is 12.3. The summed E-state index contributed by atoms with van der Waals surface area (Å²) < 4.78 is 0. The summed E-state index contributed by atoms with van der Waals surface area (Å²) in [6.45, 7) is 0. The molecule has 0 atom stereocenters. The zero-order valence-electron chi connectivity index (χ0n) is 16.6. The Labute approximate surface area is 193 Å². The Bertz CT molecular complexity index is 1390. The number of anilines is 3. The van der Waals surface area contributed by atoms with Gasteiger partial charge in [-0.2, -0.15) is 0 Å². The Kier molecular flexibility index (Phi) is 5.49. The van der Waals surface area contributed by atoms with Gasteiger partial charge in [0.15, 0.2) is 5.82 Å². The van der Waals surface area contributed by atoms with Crippen LogP contribution in [0, 0.1) is 0 Å². The van der Waals surface area contributed by atoms with Gasteiger partial charge < -0.3 is 10.6 Å². The first-order chi connectivity index (χ1) is 15.7. The van der Waals surface area contributed by atoms with Gasteiger partial charge in [0.05, 0.1) is 0 Å². The summed E-state index contributed by atoms with van der Waals surface area (Å²) in [6.07, 6.45) is 1.52. The van der Waals surface area contributed by atoms with Crippen molar-refractivity contribution < 1.29 is 4.79 Å². The van der Waals surface area contributed by atoms with Gasteiger partial charge in [-0.3, -0.25) is 4.79 Å². The van der Waals surface area contributed by atoms with Crippen LogP contribution in [-0.2, 0) is 0 Å². The Balaban J connectivity index is 1.37. The van der Waals surface area contributed by atoms with E-state index in [1.807, 2.05) is 66.7 Å². The number of carbonyl (C=O) groups excluding carboxylic acids is 1. The van der Waals surface area contributed by atoms with Crippen LogP contribution >= 0.6 is 22.9 Å². The lowest BCUT2D eigenvalue weighted by molar-refractivity contribution is 0.102. The molecule has 0 radical (unpaired) electrons. The van der Waals surface area contributed by atoms with Crippen LogP contribution < -0.4 is 10.6 Å². The van der Waals surface area contributed by atoms with Crippen molar-refractivity contribution in [2.45, 2.75) is 0 Å². The molecule has 1 amide bonds. The van der Waals surface area contributed by atoms with E-state index >= 15 is 0 Å². The van der Waals surface area contributed by atoms with Crippen LogP contribution in [0.3, 0.4) is 0 Å². The standard InChI is InChI=1S/C24H16ClN5OS/c25-17-8-12-18(13-9-17)28-21-20-24(27-14-26-21)32-23(30-20)16-6-10-19(11-7-16)29-22(31)15-4-2-1-3-5-15/h1-14H,(H,29,31)(H,26,27,28). The zero-order chi connectivity index (χ0) is 21.9. The number of hydrogen-bond donors (Lipinski definition) is 2. The van der Waals surface area contributed by atoms with Gasteiger partial charge in [0.2, 0.25) is 0 Å². The summed E-state index contributed by atoms with van der Waals surface area (Å²) in [7, 11) is 0. The lowest BCUT2D eigenvalue weighted by atomic mass is 10.2. The molecular weight excluding hydrogens is 442 g/mol. The number of nitrogens with zero attached hydrogens (tertiary/aromatic N) is 3. The molecule has 156 valence electrons. The molecular formula is C24H16ClN5OS. The van der Waals surface area contributed by atoms with E-state index in [0.29, 0.717) is 27.6 Å². The fourth-order valence-electron chi connectivity index (χ4n) is 3.13. The van der Waals surface area contributed by atoms with Gasteiger partial charge in [-0.25, -0.2) is 15.0 Å². The maximum absolute atomic E-state index is 12.3. The Morgan fingerprint density at radius 2 is 1.56 bits per heavy atom. The van der Waals surface area contributed by atoms with E-state index in [-0.39, 0.29) is 5.91 Å². The number of carbonyl (C=O) groups is 1. The minimum Gasteiger partial charge on any atom is -0.338 e. The van der Waals surface area contributed by atoms with Gasteiger partial charge in [0, 0.05) is 27.5 Å². The van der Waals surface area contributed by atoms with Crippen LogP contribution in [0.25, 0.3) is 20.9 Å². The van der Waals surface area contributed by atoms with Gasteiger partial charge in [0.1, 0.15) is 21.7 Å². The smallest absolute Gasteiger partial charge is 0.255 e. The molecule has 0 aliphatic carbocycles. The molecule has 5 rings (SSSR count). The second kappa shape index (κ2) is 8.74. The predicted molar refractivity (Wildman–Crippen MR) is 130 cm³/mol. The van der Waals surface area contributed by atoms with Crippen LogP contribution in [0.1, 0.15) is 10.4 Å². The molecule has 0 saturated heterocycles. The normalized spacial score (nSPS) is 10.8. The van der Waals surface area contributed by atoms with Crippen LogP contribution in [-0.4, -0.2) is 20.9 Å². The Morgan fingerprint density at radius 1 is 0.844 bits per heavy atom. The number of aromatic nitrogens is 3. The van der Waals surface area contributed by atoms with Gasteiger partial charge in [-0.05, 0) is 60.7 Å². The number of halogens is 1. The van der Waals surface area contributed by atoms with Gasteiger partial charge >= 0.3 is 0 Å². The largest absolute Gasteiger partial charge is 0.338 e. The molecule has 0 unspecified atom stereocenters. The molecule has 2 aromatic heterocycles. The Hall–Kier alpha value is -3.81. The highest BCUT2D eigenvalue weighted by Crippen LogP contribution is 2.33. The first-order valence-electron chi connectivity index (χ1n) is 9.77. The van der Waals surface area contributed by atoms with Crippen molar-refractivity contribution in [2.75, 3.05) is 10.6 Å². The third kappa shape index (κ3) is 4.30. The number of nitrogens with one attached hydrogen (secondary N) is 2. The maximum Gasteiger partial charge on any atom is 0.255 e. The monoisotopic (exact) mass is 457 g/mol. The van der Waals surface area contributed by atoms with Gasteiger partial charge in [0.25, 0.3) is 5.91 Å². The molecule has 2 N–H and O–H groups in total. The molecule has 0 saturated carbocycles. The summed E-state index contributed by atoms with van der Waals surface area (Å²) >= 11 is 7.45. The van der Waals surface area contributed by atoms with E-state index in [4.69, 9.17) is 16.6 Å². The topological polar surface area (TPSA) is 79.8 Å². The molecule has 0 aliphatic heterocycles. The molecule has 5 aromatic rings. The number of thiazole rings is 1. The number of hydrogen-bond acceptors (Lipinski definition) is 6. The molecule has 3 aromatic carbocycles. The number of benzene rings is 3. The molecule has 0 bridgehead atoms. The van der Waals surface area contributed by atoms with Crippen molar-refractivity contribution in [1.29, 1.82) is 0 Å². The van der Waals surface area contributed by atoms with Crippen molar-refractivity contribution in [3.63, 3.8) is 0 Å². The predicted octanol–water partition coefficient (Wildman–Crippen LogP) is 6.40. The van der Waals surface area contributed by atoms with Crippen molar-refractivity contribution in [2.24, 2.45) is 0 Å². The van der Waals surface area contributed by atoms with Crippen molar-refractivity contribution >= 4 is 56.4 Å². The second-order valence-corrected chi connectivity index (χ2v) is 8.34. The Morgan fingerprint density at radius 3 is 2.31 bits per heavy atom. The highest BCUT2D eigenvalue weighted by Gasteiger charge is 2.13. The first-order valence-corrected chi connectivity index (χ1v) is 11.0. The van der Waals surface area contributed by atoms with Crippen molar-refractivity contribution in [3.05, 3.63) is 95.8 Å². The molecule has 6 nitrogen and oxygen atoms in total. The minimum atomic E-state index is -0.147. The number of amides is 1. The molecule has 0 fully saturated rings. The third-order valence-corrected chi connectivity index (χ3v) is 5.99. The highest BCUT2D eigenvalue weighted by atomic mass is 35.5. The average molecular weight is 458 g/mol. The molecule has 0 spiro atoms. The summed E-state index contributed by atoms with van der Waals surface area (Å²) in [5.74, 6) is 0.484. The van der Waals surface area contributed by atoms with Crippen LogP contribution in [0.5, 0.6) is 0 Å². The van der Waals surface area contributed by atoms with Crippen LogP contribution in [0.2, 0.25) is 5.02 Å². The number of rotatable bonds is 5. The van der Waals surface area contributed by atoms with Crippen molar-refractivity contribution in [1.82, 2.24) is 15.0 Å². The van der Waals surface area contributed by atoms with Crippen LogP contribution in [0.4, 0.5) is 17.2 Å². The summed E-state index contributed by atoms with van der Waals surface area (Å²) in [5.41, 5.74) is 3.82. The van der Waals surface area contributed by atoms with E-state index in [9.17, 15) is 4.79 Å². The SMILES string of the molecule is O=C(Nc1ccc(-c2nc3c(Nc4ccc(Cl)cc4)ncnc3s2)cc1)c1ccccc1. The van der Waals surface area contributed by atoms with E-state index in [1.165, 1.54) is 17.7 Å². The van der Waals surface area contributed by atoms with Crippen molar-refractivity contribution in [3.8, 4) is 10.6 Å². The lowest BCUT2D eigenvalue weighted by Crippen LogP contribution is -2.11. The van der Waals surface area contributed by atoms with Crippen LogP contribution in [0.15, 0.2) is 85.2 Å². The number of fused-ring (bicyclic) bond motifs is 1. The minimum absolute atomic E-state index is 0.147. The lowest BCUT2D eigenvalue weighted by Gasteiger charge is -2.06. The molecule has 0 aliphatic rings. The molecule has 32 heavy (non-hydrogen) atoms. The fourth-order valence-corrected chi connectivity index (χ4v) is 4.17.